The summed E-state index contributed by atoms with van der Waals surface area (Å²) in [6.07, 6.45) is 0.245. The van der Waals surface area contributed by atoms with Gasteiger partial charge in [0, 0.05) is 37.1 Å². The maximum Gasteiger partial charge on any atom is 0.251 e. The van der Waals surface area contributed by atoms with Gasteiger partial charge in [-0.1, -0.05) is 6.07 Å². The number of nitrogens with one attached hydrogen (secondary N) is 2. The minimum absolute atomic E-state index is 0.109. The van der Waals surface area contributed by atoms with Crippen molar-refractivity contribution in [3.05, 3.63) is 29.3 Å². The fourth-order valence-electron chi connectivity index (χ4n) is 1.62. The van der Waals surface area contributed by atoms with E-state index in [1.807, 2.05) is 19.1 Å². The average Bonchev–Trinajstić information content (AvgIpc) is 2.41. The molecule has 0 heterocycles. The minimum atomic E-state index is -0.192. The van der Waals surface area contributed by atoms with Crippen molar-refractivity contribution < 1.29 is 14.3 Å². The van der Waals surface area contributed by atoms with Crippen molar-refractivity contribution in [2.24, 2.45) is 0 Å². The van der Waals surface area contributed by atoms with Crippen molar-refractivity contribution >= 4 is 24.4 Å². The average molecular weight is 296 g/mol. The van der Waals surface area contributed by atoms with E-state index >= 15 is 0 Å². The van der Waals surface area contributed by atoms with Gasteiger partial charge in [-0.05, 0) is 24.6 Å². The highest BCUT2D eigenvalue weighted by atomic mass is 32.1. The summed E-state index contributed by atoms with van der Waals surface area (Å²) in [6, 6.07) is 5.39. The van der Waals surface area contributed by atoms with Crippen LogP contribution in [-0.2, 0) is 9.53 Å². The predicted octanol–water partition coefficient (Wildman–Crippen LogP) is 1.17. The first-order valence-electron chi connectivity index (χ1n) is 6.38. The highest BCUT2D eigenvalue weighted by Crippen LogP contribution is 2.13. The maximum atomic E-state index is 12.0. The highest BCUT2D eigenvalue weighted by molar-refractivity contribution is 7.80. The molecule has 110 valence electrons. The Kier molecular flexibility index (Phi) is 7.11. The number of hydrogen-bond donors (Lipinski definition) is 3. The zero-order chi connectivity index (χ0) is 15.0. The van der Waals surface area contributed by atoms with Gasteiger partial charge in [-0.15, -0.1) is 12.6 Å². The third kappa shape index (κ3) is 5.63. The fraction of sp³-hybridized carbons (Fsp3) is 0.429. The van der Waals surface area contributed by atoms with Gasteiger partial charge in [0.05, 0.1) is 6.61 Å². The summed E-state index contributed by atoms with van der Waals surface area (Å²) in [5.41, 5.74) is 1.46. The molecule has 6 heteroatoms. The van der Waals surface area contributed by atoms with Crippen molar-refractivity contribution in [2.45, 2.75) is 18.2 Å². The lowest BCUT2D eigenvalue weighted by Gasteiger charge is -2.08. The molecular formula is C14H20N2O3S. The zero-order valence-electron chi connectivity index (χ0n) is 11.7. The number of thiol groups is 1. The number of carbonyl (C=O) groups excluding carboxylic acids is 2. The van der Waals surface area contributed by atoms with Crippen LogP contribution in [0.3, 0.4) is 0 Å². The first-order valence-corrected chi connectivity index (χ1v) is 6.82. The van der Waals surface area contributed by atoms with Gasteiger partial charge in [0.1, 0.15) is 0 Å². The first kappa shape index (κ1) is 16.5. The van der Waals surface area contributed by atoms with Gasteiger partial charge in [0.2, 0.25) is 5.91 Å². The van der Waals surface area contributed by atoms with Crippen molar-refractivity contribution in [1.29, 1.82) is 0 Å². The first-order chi connectivity index (χ1) is 9.54. The molecule has 2 N–H and O–H groups in total. The maximum absolute atomic E-state index is 12.0. The number of aryl methyl sites for hydroxylation is 1. The lowest BCUT2D eigenvalue weighted by Crippen LogP contribution is -2.32. The van der Waals surface area contributed by atoms with Crippen LogP contribution in [0, 0.1) is 6.92 Å². The van der Waals surface area contributed by atoms with Crippen LogP contribution < -0.4 is 10.6 Å². The van der Waals surface area contributed by atoms with Crippen LogP contribution in [0.15, 0.2) is 23.1 Å². The van der Waals surface area contributed by atoms with Gasteiger partial charge in [-0.2, -0.15) is 0 Å². The number of benzene rings is 1. The molecule has 0 bridgehead atoms. The fourth-order valence-corrected chi connectivity index (χ4v) is 1.82. The summed E-state index contributed by atoms with van der Waals surface area (Å²) in [7, 11) is 1.57. The standard InChI is InChI=1S/C14H20N2O3S/c1-10-3-4-11(20)9-12(10)14(18)16-6-5-13(17)15-7-8-19-2/h3-4,9,20H,5-8H2,1-2H3,(H,15,17)(H,16,18). The van der Waals surface area contributed by atoms with Gasteiger partial charge >= 0.3 is 0 Å². The summed E-state index contributed by atoms with van der Waals surface area (Å²) < 4.78 is 4.83. The van der Waals surface area contributed by atoms with Crippen LogP contribution in [0.1, 0.15) is 22.3 Å². The van der Waals surface area contributed by atoms with E-state index in [1.165, 1.54) is 0 Å². The third-order valence-corrected chi connectivity index (χ3v) is 3.01. The van der Waals surface area contributed by atoms with E-state index in [0.717, 1.165) is 10.5 Å². The summed E-state index contributed by atoms with van der Waals surface area (Å²) in [5, 5.41) is 5.41. The molecule has 0 aliphatic carbocycles. The SMILES string of the molecule is COCCNC(=O)CCNC(=O)c1cc(S)ccc1C. The topological polar surface area (TPSA) is 67.4 Å². The number of rotatable bonds is 7. The number of hydrogen-bond acceptors (Lipinski definition) is 4. The molecule has 0 aliphatic heterocycles. The molecule has 0 atom stereocenters. The molecule has 0 radical (unpaired) electrons. The van der Waals surface area contributed by atoms with Crippen molar-refractivity contribution in [3.63, 3.8) is 0 Å². The Morgan fingerprint density at radius 1 is 1.25 bits per heavy atom. The van der Waals surface area contributed by atoms with E-state index in [0.29, 0.717) is 25.3 Å². The molecular weight excluding hydrogens is 276 g/mol. The van der Waals surface area contributed by atoms with Gasteiger partial charge < -0.3 is 15.4 Å². The molecule has 0 aliphatic rings. The van der Waals surface area contributed by atoms with Crippen LogP contribution >= 0.6 is 12.6 Å². The molecule has 5 nitrogen and oxygen atoms in total. The largest absolute Gasteiger partial charge is 0.383 e. The second kappa shape index (κ2) is 8.60. The number of ether oxygens (including phenoxy) is 1. The van der Waals surface area contributed by atoms with Crippen LogP contribution in [-0.4, -0.2) is 38.6 Å². The number of carbonyl (C=O) groups is 2. The zero-order valence-corrected chi connectivity index (χ0v) is 12.6. The molecule has 2 amide bonds. The van der Waals surface area contributed by atoms with E-state index in [9.17, 15) is 9.59 Å². The Bertz CT molecular complexity index is 477. The van der Waals surface area contributed by atoms with E-state index in [2.05, 4.69) is 23.3 Å². The van der Waals surface area contributed by atoms with E-state index < -0.39 is 0 Å². The summed E-state index contributed by atoms with van der Waals surface area (Å²) >= 11 is 4.21. The molecule has 0 fully saturated rings. The summed E-state index contributed by atoms with van der Waals surface area (Å²) in [4.78, 5) is 24.1. The lowest BCUT2D eigenvalue weighted by atomic mass is 10.1. The molecule has 1 aromatic rings. The van der Waals surface area contributed by atoms with Crippen LogP contribution in [0.5, 0.6) is 0 Å². The van der Waals surface area contributed by atoms with Crippen LogP contribution in [0.25, 0.3) is 0 Å². The smallest absolute Gasteiger partial charge is 0.251 e. The highest BCUT2D eigenvalue weighted by Gasteiger charge is 2.09. The number of methoxy groups -OCH3 is 1. The minimum Gasteiger partial charge on any atom is -0.383 e. The van der Waals surface area contributed by atoms with Crippen LogP contribution in [0.4, 0.5) is 0 Å². The summed E-state index contributed by atoms with van der Waals surface area (Å²) in [5.74, 6) is -0.301. The lowest BCUT2D eigenvalue weighted by molar-refractivity contribution is -0.121. The Hall–Kier alpha value is -1.53. The van der Waals surface area contributed by atoms with Crippen LogP contribution in [0.2, 0.25) is 0 Å². The molecule has 0 spiro atoms. The van der Waals surface area contributed by atoms with Gasteiger partial charge in [0.15, 0.2) is 0 Å². The molecule has 0 aromatic heterocycles. The molecule has 0 saturated carbocycles. The Morgan fingerprint density at radius 3 is 2.70 bits per heavy atom. The Balaban J connectivity index is 2.36. The number of amides is 2. The molecule has 1 rings (SSSR count). The quantitative estimate of drug-likeness (QED) is 0.522. The second-order valence-electron chi connectivity index (χ2n) is 4.35. The van der Waals surface area contributed by atoms with Gasteiger partial charge in [-0.3, -0.25) is 9.59 Å². The Labute approximate surface area is 124 Å². The predicted molar refractivity (Wildman–Crippen MR) is 80.3 cm³/mol. The summed E-state index contributed by atoms with van der Waals surface area (Å²) in [6.45, 7) is 3.11. The van der Waals surface area contributed by atoms with Crippen molar-refractivity contribution in [3.8, 4) is 0 Å². The molecule has 0 saturated heterocycles. The van der Waals surface area contributed by atoms with Gasteiger partial charge in [0.25, 0.3) is 5.91 Å². The monoisotopic (exact) mass is 296 g/mol. The third-order valence-electron chi connectivity index (χ3n) is 2.73. The Morgan fingerprint density at radius 2 is 2.00 bits per heavy atom. The normalized spacial score (nSPS) is 10.2. The van der Waals surface area contributed by atoms with Crippen molar-refractivity contribution in [1.82, 2.24) is 10.6 Å². The molecule has 1 aromatic carbocycles. The van der Waals surface area contributed by atoms with E-state index in [-0.39, 0.29) is 18.2 Å². The molecule has 0 unspecified atom stereocenters. The van der Waals surface area contributed by atoms with E-state index in [4.69, 9.17) is 4.74 Å². The molecule has 20 heavy (non-hydrogen) atoms. The van der Waals surface area contributed by atoms with E-state index in [1.54, 1.807) is 13.2 Å². The van der Waals surface area contributed by atoms with Crippen molar-refractivity contribution in [2.75, 3.05) is 26.8 Å². The second-order valence-corrected chi connectivity index (χ2v) is 4.86. The van der Waals surface area contributed by atoms with Gasteiger partial charge in [-0.25, -0.2) is 0 Å².